The fourth-order valence-electron chi connectivity index (χ4n) is 1.85. The van der Waals surface area contributed by atoms with E-state index in [9.17, 15) is 4.79 Å². The van der Waals surface area contributed by atoms with Crippen molar-refractivity contribution in [2.75, 3.05) is 13.1 Å². The minimum Gasteiger partial charge on any atom is -0.341 e. The summed E-state index contributed by atoms with van der Waals surface area (Å²) in [5.74, 6) is 0.235. The summed E-state index contributed by atoms with van der Waals surface area (Å²) in [6.45, 7) is 12.0. The third kappa shape index (κ3) is 3.37. The number of amides is 1. The molecule has 0 aromatic rings. The van der Waals surface area contributed by atoms with Crippen LogP contribution in [0.15, 0.2) is 0 Å². The molecule has 1 rings (SSSR count). The van der Waals surface area contributed by atoms with Gasteiger partial charge in [0.05, 0.1) is 5.38 Å². The molecule has 1 aliphatic heterocycles. The molecular weight excluding hydrogens is 210 g/mol. The van der Waals surface area contributed by atoms with Crippen LogP contribution < -0.4 is 0 Å². The van der Waals surface area contributed by atoms with Crippen LogP contribution in [-0.2, 0) is 4.79 Å². The Morgan fingerprint density at radius 1 is 1.47 bits per heavy atom. The lowest BCUT2D eigenvalue weighted by Crippen LogP contribution is -2.32. The first-order valence-electron chi connectivity index (χ1n) is 5.54. The Morgan fingerprint density at radius 3 is 2.33 bits per heavy atom. The molecule has 0 saturated carbocycles. The number of carbonyl (C=O) groups is 1. The van der Waals surface area contributed by atoms with Crippen molar-refractivity contribution in [3.8, 4) is 0 Å². The van der Waals surface area contributed by atoms with Gasteiger partial charge in [-0.2, -0.15) is 0 Å². The average molecular weight is 232 g/mol. The van der Waals surface area contributed by atoms with E-state index in [1.54, 1.807) is 0 Å². The number of carbonyl (C=O) groups excluding carboxylic acids is 1. The Bertz CT molecular complexity index is 255. The molecule has 1 atom stereocenters. The molecule has 1 unspecified atom stereocenters. The zero-order valence-electron chi connectivity index (χ0n) is 10.4. The third-order valence-electron chi connectivity index (χ3n) is 2.86. The van der Waals surface area contributed by atoms with Gasteiger partial charge in [0, 0.05) is 24.9 Å². The van der Waals surface area contributed by atoms with E-state index in [1.807, 2.05) is 4.90 Å². The summed E-state index contributed by atoms with van der Waals surface area (Å²) in [7, 11) is 0. The van der Waals surface area contributed by atoms with Gasteiger partial charge in [0.15, 0.2) is 0 Å². The van der Waals surface area contributed by atoms with E-state index in [1.165, 1.54) is 0 Å². The average Bonchev–Trinajstić information content (AvgIpc) is 2.23. The van der Waals surface area contributed by atoms with Crippen molar-refractivity contribution < 1.29 is 4.79 Å². The third-order valence-corrected chi connectivity index (χ3v) is 3.59. The van der Waals surface area contributed by atoms with E-state index in [2.05, 4.69) is 34.6 Å². The molecule has 0 spiro atoms. The zero-order chi connectivity index (χ0) is 11.9. The van der Waals surface area contributed by atoms with Gasteiger partial charge in [0.25, 0.3) is 0 Å². The molecule has 0 aliphatic carbocycles. The SMILES string of the molecule is CC(C)(C)CC(=O)N1CC(Cl)C(C)(C)C1. The van der Waals surface area contributed by atoms with E-state index in [0.717, 1.165) is 6.54 Å². The van der Waals surface area contributed by atoms with Crippen LogP contribution in [0.3, 0.4) is 0 Å². The summed E-state index contributed by atoms with van der Waals surface area (Å²) in [5, 5.41) is 0.0846. The lowest BCUT2D eigenvalue weighted by atomic mass is 9.91. The van der Waals surface area contributed by atoms with Crippen molar-refractivity contribution in [2.24, 2.45) is 10.8 Å². The minimum absolute atomic E-state index is 0.0507. The lowest BCUT2D eigenvalue weighted by molar-refractivity contribution is -0.132. The summed E-state index contributed by atoms with van der Waals surface area (Å²) in [6.07, 6.45) is 0.604. The highest BCUT2D eigenvalue weighted by Gasteiger charge is 2.40. The number of alkyl halides is 1. The van der Waals surface area contributed by atoms with Crippen molar-refractivity contribution in [1.82, 2.24) is 4.90 Å². The molecule has 0 N–H and O–H groups in total. The number of nitrogens with zero attached hydrogens (tertiary/aromatic N) is 1. The predicted octanol–water partition coefficient (Wildman–Crippen LogP) is 2.90. The lowest BCUT2D eigenvalue weighted by Gasteiger charge is -2.24. The van der Waals surface area contributed by atoms with E-state index < -0.39 is 0 Å². The van der Waals surface area contributed by atoms with E-state index >= 15 is 0 Å². The maximum absolute atomic E-state index is 12.0. The van der Waals surface area contributed by atoms with Crippen LogP contribution in [0.5, 0.6) is 0 Å². The Balaban J connectivity index is 2.58. The van der Waals surface area contributed by atoms with Crippen molar-refractivity contribution in [2.45, 2.75) is 46.4 Å². The molecule has 88 valence electrons. The van der Waals surface area contributed by atoms with Gasteiger partial charge in [-0.15, -0.1) is 11.6 Å². The molecule has 1 amide bonds. The highest BCUT2D eigenvalue weighted by atomic mass is 35.5. The molecule has 1 fully saturated rings. The van der Waals surface area contributed by atoms with Crippen molar-refractivity contribution in [3.05, 3.63) is 0 Å². The second kappa shape index (κ2) is 3.97. The molecule has 0 aromatic heterocycles. The fourth-order valence-corrected chi connectivity index (χ4v) is 2.09. The molecule has 0 aromatic carbocycles. The van der Waals surface area contributed by atoms with Crippen LogP contribution in [0.2, 0.25) is 0 Å². The van der Waals surface area contributed by atoms with Crippen LogP contribution in [0.25, 0.3) is 0 Å². The number of rotatable bonds is 1. The van der Waals surface area contributed by atoms with Gasteiger partial charge in [-0.1, -0.05) is 34.6 Å². The maximum Gasteiger partial charge on any atom is 0.223 e. The largest absolute Gasteiger partial charge is 0.341 e. The Kier molecular flexibility index (Phi) is 3.39. The van der Waals surface area contributed by atoms with Crippen LogP contribution >= 0.6 is 11.6 Å². The second-order valence-corrected chi connectivity index (χ2v) is 6.99. The van der Waals surface area contributed by atoms with Gasteiger partial charge >= 0.3 is 0 Å². The first kappa shape index (κ1) is 12.8. The first-order valence-corrected chi connectivity index (χ1v) is 5.97. The van der Waals surface area contributed by atoms with E-state index in [4.69, 9.17) is 11.6 Å². The summed E-state index contributed by atoms with van der Waals surface area (Å²) in [4.78, 5) is 13.9. The second-order valence-electron chi connectivity index (χ2n) is 6.47. The Hall–Kier alpha value is -0.240. The number of halogens is 1. The van der Waals surface area contributed by atoms with Crippen molar-refractivity contribution >= 4 is 17.5 Å². The van der Waals surface area contributed by atoms with Crippen LogP contribution in [0.4, 0.5) is 0 Å². The maximum atomic E-state index is 12.0. The first-order chi connectivity index (χ1) is 6.62. The standard InChI is InChI=1S/C12H22ClNO/c1-11(2,3)6-10(15)14-7-9(13)12(4,5)8-14/h9H,6-8H2,1-5H3. The number of hydrogen-bond acceptors (Lipinski definition) is 1. The molecule has 1 saturated heterocycles. The van der Waals surface area contributed by atoms with Gasteiger partial charge in [0.2, 0.25) is 5.91 Å². The molecule has 2 nitrogen and oxygen atoms in total. The Morgan fingerprint density at radius 2 is 2.00 bits per heavy atom. The van der Waals surface area contributed by atoms with Crippen LogP contribution in [0, 0.1) is 10.8 Å². The molecular formula is C12H22ClNO. The van der Waals surface area contributed by atoms with Crippen molar-refractivity contribution in [1.29, 1.82) is 0 Å². The van der Waals surface area contributed by atoms with Crippen LogP contribution in [-0.4, -0.2) is 29.3 Å². The predicted molar refractivity (Wildman–Crippen MR) is 64.1 cm³/mol. The zero-order valence-corrected chi connectivity index (χ0v) is 11.2. The van der Waals surface area contributed by atoms with Gasteiger partial charge in [-0.25, -0.2) is 0 Å². The molecule has 1 aliphatic rings. The summed E-state index contributed by atoms with van der Waals surface area (Å²) < 4.78 is 0. The van der Waals surface area contributed by atoms with Gasteiger partial charge in [0.1, 0.15) is 0 Å². The van der Waals surface area contributed by atoms with E-state index in [-0.39, 0.29) is 22.1 Å². The van der Waals surface area contributed by atoms with Crippen molar-refractivity contribution in [3.63, 3.8) is 0 Å². The number of likely N-dealkylation sites (tertiary alicyclic amines) is 1. The normalized spacial score (nSPS) is 25.7. The smallest absolute Gasteiger partial charge is 0.223 e. The quantitative estimate of drug-likeness (QED) is 0.636. The Labute approximate surface area is 98.0 Å². The summed E-state index contributed by atoms with van der Waals surface area (Å²) >= 11 is 6.22. The monoisotopic (exact) mass is 231 g/mol. The summed E-state index contributed by atoms with van der Waals surface area (Å²) in [5.41, 5.74) is 0.112. The van der Waals surface area contributed by atoms with Crippen LogP contribution in [0.1, 0.15) is 41.0 Å². The molecule has 3 heteroatoms. The highest BCUT2D eigenvalue weighted by molar-refractivity contribution is 6.21. The van der Waals surface area contributed by atoms with Gasteiger partial charge in [-0.05, 0) is 5.41 Å². The van der Waals surface area contributed by atoms with Gasteiger partial charge in [-0.3, -0.25) is 4.79 Å². The van der Waals surface area contributed by atoms with Gasteiger partial charge < -0.3 is 4.90 Å². The molecule has 1 heterocycles. The topological polar surface area (TPSA) is 20.3 Å². The molecule has 0 radical (unpaired) electrons. The molecule has 15 heavy (non-hydrogen) atoms. The van der Waals surface area contributed by atoms with E-state index in [0.29, 0.717) is 13.0 Å². The molecule has 0 bridgehead atoms. The fraction of sp³-hybridized carbons (Fsp3) is 0.917. The number of hydrogen-bond donors (Lipinski definition) is 0. The minimum atomic E-state index is 0.0507. The summed E-state index contributed by atoms with van der Waals surface area (Å²) in [6, 6.07) is 0. The highest BCUT2D eigenvalue weighted by Crippen LogP contribution is 2.34.